The number of nitrogens with one attached hydrogen (secondary N) is 1. The fraction of sp³-hybridized carbons (Fsp3) is 0.714. The van der Waals surface area contributed by atoms with Gasteiger partial charge in [-0.1, -0.05) is 13.8 Å². The summed E-state index contributed by atoms with van der Waals surface area (Å²) in [6.45, 7) is 7.95. The maximum Gasteiger partial charge on any atom is 0.151 e. The van der Waals surface area contributed by atoms with Crippen LogP contribution in [0.3, 0.4) is 0 Å². The minimum atomic E-state index is 0.258. The zero-order valence-corrected chi connectivity index (χ0v) is 12.3. The van der Waals surface area contributed by atoms with Gasteiger partial charge in [0.25, 0.3) is 0 Å². The van der Waals surface area contributed by atoms with E-state index in [4.69, 9.17) is 4.74 Å². The van der Waals surface area contributed by atoms with E-state index < -0.39 is 0 Å². The average Bonchev–Trinajstić information content (AvgIpc) is 2.82. The lowest BCUT2D eigenvalue weighted by molar-refractivity contribution is 0.118. The van der Waals surface area contributed by atoms with Crippen LogP contribution in [0.4, 0.5) is 5.82 Å². The van der Waals surface area contributed by atoms with E-state index in [1.165, 1.54) is 0 Å². The van der Waals surface area contributed by atoms with E-state index in [-0.39, 0.29) is 6.10 Å². The molecule has 5 nitrogen and oxygen atoms in total. The molecular weight excluding hydrogens is 240 g/mol. The molecule has 1 fully saturated rings. The summed E-state index contributed by atoms with van der Waals surface area (Å²) >= 11 is 0. The van der Waals surface area contributed by atoms with Crippen LogP contribution >= 0.6 is 0 Å². The van der Waals surface area contributed by atoms with Gasteiger partial charge in [0.05, 0.1) is 17.8 Å². The molecule has 2 heterocycles. The highest BCUT2D eigenvalue weighted by atomic mass is 16.5. The second kappa shape index (κ2) is 6.30. The van der Waals surface area contributed by atoms with Crippen molar-refractivity contribution in [2.75, 3.05) is 18.6 Å². The lowest BCUT2D eigenvalue weighted by Crippen LogP contribution is -2.37. The topological polar surface area (TPSA) is 50.3 Å². The maximum atomic E-state index is 5.60. The molecule has 1 aliphatic rings. The van der Waals surface area contributed by atoms with E-state index in [0.29, 0.717) is 12.1 Å². The molecule has 1 aromatic heterocycles. The molecule has 19 heavy (non-hydrogen) atoms. The fourth-order valence-corrected chi connectivity index (χ4v) is 2.34. The Morgan fingerprint density at radius 1 is 1.42 bits per heavy atom. The van der Waals surface area contributed by atoms with Gasteiger partial charge < -0.3 is 15.0 Å². The molecule has 0 aliphatic carbocycles. The van der Waals surface area contributed by atoms with Crippen molar-refractivity contribution in [2.24, 2.45) is 0 Å². The first kappa shape index (κ1) is 14.2. The Morgan fingerprint density at radius 2 is 2.21 bits per heavy atom. The summed E-state index contributed by atoms with van der Waals surface area (Å²) in [4.78, 5) is 2.17. The number of ether oxygens (including phenoxy) is 1. The Hall–Kier alpha value is -1.20. The second-order valence-corrected chi connectivity index (χ2v) is 5.46. The summed E-state index contributed by atoms with van der Waals surface area (Å²) in [6.07, 6.45) is 1.31. The van der Waals surface area contributed by atoms with Gasteiger partial charge in [-0.25, -0.2) is 0 Å². The molecule has 1 N–H and O–H groups in total. The summed E-state index contributed by atoms with van der Waals surface area (Å²) in [6, 6.07) is 4.93. The van der Waals surface area contributed by atoms with Crippen molar-refractivity contribution < 1.29 is 4.74 Å². The van der Waals surface area contributed by atoms with E-state index in [2.05, 4.69) is 48.2 Å². The van der Waals surface area contributed by atoms with Crippen molar-refractivity contribution in [2.45, 2.75) is 51.9 Å². The van der Waals surface area contributed by atoms with E-state index in [1.54, 1.807) is 0 Å². The first-order valence-electron chi connectivity index (χ1n) is 6.98. The molecular formula is C14H24N4O. The summed E-state index contributed by atoms with van der Waals surface area (Å²) in [7, 11) is 2.06. The molecule has 1 aromatic rings. The third-order valence-corrected chi connectivity index (χ3v) is 3.59. The van der Waals surface area contributed by atoms with Crippen LogP contribution in [0.2, 0.25) is 0 Å². The first-order chi connectivity index (χ1) is 9.08. The minimum absolute atomic E-state index is 0.258. The van der Waals surface area contributed by atoms with Gasteiger partial charge >= 0.3 is 0 Å². The molecule has 2 atom stereocenters. The Bertz CT molecular complexity index is 393. The van der Waals surface area contributed by atoms with Gasteiger partial charge in [0.2, 0.25) is 0 Å². The van der Waals surface area contributed by atoms with Crippen LogP contribution in [0.15, 0.2) is 12.1 Å². The quantitative estimate of drug-likeness (QED) is 0.875. The Labute approximate surface area is 115 Å². The molecule has 0 bridgehead atoms. The van der Waals surface area contributed by atoms with Crippen molar-refractivity contribution >= 4 is 5.82 Å². The number of rotatable bonds is 5. The molecule has 2 unspecified atom stereocenters. The van der Waals surface area contributed by atoms with E-state index in [9.17, 15) is 0 Å². The van der Waals surface area contributed by atoms with Crippen molar-refractivity contribution in [3.63, 3.8) is 0 Å². The Kier molecular flexibility index (Phi) is 4.71. The number of hydrogen-bond acceptors (Lipinski definition) is 5. The summed E-state index contributed by atoms with van der Waals surface area (Å²) in [5, 5.41) is 11.9. The second-order valence-electron chi connectivity index (χ2n) is 5.46. The van der Waals surface area contributed by atoms with Gasteiger partial charge in [-0.2, -0.15) is 5.10 Å². The van der Waals surface area contributed by atoms with Crippen molar-refractivity contribution in [3.05, 3.63) is 17.8 Å². The van der Waals surface area contributed by atoms with Crippen LogP contribution in [-0.2, 0) is 11.3 Å². The minimum Gasteiger partial charge on any atom is -0.376 e. The van der Waals surface area contributed by atoms with Crippen LogP contribution in [0.25, 0.3) is 0 Å². The lowest BCUT2D eigenvalue weighted by Gasteiger charge is -2.27. The molecule has 1 aliphatic heterocycles. The lowest BCUT2D eigenvalue weighted by atomic mass is 10.1. The van der Waals surface area contributed by atoms with Gasteiger partial charge in [-0.3, -0.25) is 0 Å². The normalized spacial score (nSPS) is 23.0. The third-order valence-electron chi connectivity index (χ3n) is 3.59. The zero-order valence-electron chi connectivity index (χ0n) is 12.3. The van der Waals surface area contributed by atoms with Crippen LogP contribution in [0, 0.1) is 0 Å². The fourth-order valence-electron chi connectivity index (χ4n) is 2.34. The smallest absolute Gasteiger partial charge is 0.151 e. The van der Waals surface area contributed by atoms with Crippen molar-refractivity contribution in [1.29, 1.82) is 0 Å². The van der Waals surface area contributed by atoms with E-state index >= 15 is 0 Å². The molecule has 0 saturated carbocycles. The number of nitrogens with zero attached hydrogens (tertiary/aromatic N) is 3. The largest absolute Gasteiger partial charge is 0.376 e. The summed E-state index contributed by atoms with van der Waals surface area (Å²) in [5.41, 5.74) is 0.974. The number of aromatic nitrogens is 2. The molecule has 2 rings (SSSR count). The van der Waals surface area contributed by atoms with Crippen LogP contribution in [0.5, 0.6) is 0 Å². The maximum absolute atomic E-state index is 5.60. The third kappa shape index (κ3) is 3.64. The van der Waals surface area contributed by atoms with Gasteiger partial charge in [0, 0.05) is 26.2 Å². The molecule has 106 valence electrons. The highest BCUT2D eigenvalue weighted by Crippen LogP contribution is 2.22. The van der Waals surface area contributed by atoms with Crippen LogP contribution < -0.4 is 10.2 Å². The molecule has 0 radical (unpaired) electrons. The summed E-state index contributed by atoms with van der Waals surface area (Å²) < 4.78 is 5.60. The van der Waals surface area contributed by atoms with Gasteiger partial charge in [-0.15, -0.1) is 5.10 Å². The standard InChI is InChI=1S/C14H24N4O/c1-10(2)15-9-12-5-6-14(17-16-12)18(4)13-7-8-19-11(13)3/h5-6,10-11,13,15H,7-9H2,1-4H3. The number of likely N-dealkylation sites (N-methyl/N-ethyl adjacent to an activating group) is 1. The highest BCUT2D eigenvalue weighted by molar-refractivity contribution is 5.38. The average molecular weight is 264 g/mol. The monoisotopic (exact) mass is 264 g/mol. The molecule has 1 saturated heterocycles. The number of hydrogen-bond donors (Lipinski definition) is 1. The molecule has 5 heteroatoms. The van der Waals surface area contributed by atoms with E-state index in [1.807, 2.05) is 12.1 Å². The van der Waals surface area contributed by atoms with Crippen molar-refractivity contribution in [3.8, 4) is 0 Å². The zero-order chi connectivity index (χ0) is 13.8. The SMILES string of the molecule is CC(C)NCc1ccc(N(C)C2CCOC2C)nn1. The first-order valence-corrected chi connectivity index (χ1v) is 6.98. The van der Waals surface area contributed by atoms with Crippen LogP contribution in [-0.4, -0.2) is 42.0 Å². The molecule has 0 amide bonds. The Balaban J connectivity index is 1.97. The van der Waals surface area contributed by atoms with Gasteiger partial charge in [-0.05, 0) is 25.5 Å². The predicted octanol–water partition coefficient (Wildman–Crippen LogP) is 1.59. The van der Waals surface area contributed by atoms with Crippen LogP contribution in [0.1, 0.15) is 32.9 Å². The predicted molar refractivity (Wildman–Crippen MR) is 76.2 cm³/mol. The molecule has 0 aromatic carbocycles. The van der Waals surface area contributed by atoms with Crippen molar-refractivity contribution in [1.82, 2.24) is 15.5 Å². The van der Waals surface area contributed by atoms with E-state index in [0.717, 1.165) is 31.1 Å². The molecule has 0 spiro atoms. The number of anilines is 1. The highest BCUT2D eigenvalue weighted by Gasteiger charge is 2.28. The Morgan fingerprint density at radius 3 is 2.74 bits per heavy atom. The van der Waals surface area contributed by atoms with Gasteiger partial charge in [0.15, 0.2) is 5.82 Å². The summed E-state index contributed by atoms with van der Waals surface area (Å²) in [5.74, 6) is 0.913. The van der Waals surface area contributed by atoms with Gasteiger partial charge in [0.1, 0.15) is 0 Å².